The summed E-state index contributed by atoms with van der Waals surface area (Å²) in [7, 11) is 0. The Morgan fingerprint density at radius 2 is 1.49 bits per heavy atom. The van der Waals surface area contributed by atoms with Crippen molar-refractivity contribution < 1.29 is 42.3 Å². The van der Waals surface area contributed by atoms with Gasteiger partial charge in [0.1, 0.15) is 6.04 Å². The molecule has 45 heavy (non-hydrogen) atoms. The lowest BCUT2D eigenvalue weighted by Gasteiger charge is -2.26. The van der Waals surface area contributed by atoms with Gasteiger partial charge >= 0.3 is 6.18 Å². The van der Waals surface area contributed by atoms with E-state index in [-0.39, 0.29) is 12.0 Å². The molecule has 2 aromatic carbocycles. The van der Waals surface area contributed by atoms with Crippen LogP contribution < -0.4 is 27.0 Å². The molecule has 1 aromatic heterocycles. The zero-order valence-electron chi connectivity index (χ0n) is 23.8. The largest absolute Gasteiger partial charge is 0.416 e. The Bertz CT molecular complexity index is 1470. The SMILES string of the molecule is NC(=O)CCC(NC(=O)CNC(=O)[C@H](Cc1ccccc1)NC(=O)CNC(=O)c1cnn(-c2ccccc2)c1)C(O)C(F)(F)F. The monoisotopic (exact) mass is 631 g/mol. The molecule has 5 amide bonds. The van der Waals surface area contributed by atoms with Crippen molar-refractivity contribution in [1.82, 2.24) is 31.0 Å². The average molecular weight is 632 g/mol. The van der Waals surface area contributed by atoms with Crippen molar-refractivity contribution in [3.8, 4) is 5.69 Å². The van der Waals surface area contributed by atoms with E-state index in [1.165, 1.54) is 17.1 Å². The molecule has 0 aliphatic carbocycles. The highest BCUT2D eigenvalue weighted by atomic mass is 19.4. The van der Waals surface area contributed by atoms with Gasteiger partial charge in [0.2, 0.25) is 23.6 Å². The Labute approximate surface area is 255 Å². The van der Waals surface area contributed by atoms with E-state index in [4.69, 9.17) is 5.73 Å². The summed E-state index contributed by atoms with van der Waals surface area (Å²) < 4.78 is 40.6. The van der Waals surface area contributed by atoms with Crippen LogP contribution >= 0.6 is 0 Å². The van der Waals surface area contributed by atoms with Gasteiger partial charge in [-0.05, 0) is 24.1 Å². The molecular formula is C29H32F3N7O6. The molecule has 0 aliphatic rings. The van der Waals surface area contributed by atoms with E-state index < -0.39 is 79.8 Å². The molecule has 0 spiro atoms. The van der Waals surface area contributed by atoms with Crippen LogP contribution in [0, 0.1) is 0 Å². The van der Waals surface area contributed by atoms with E-state index in [9.17, 15) is 42.3 Å². The molecule has 3 rings (SSSR count). The number of benzene rings is 2. The van der Waals surface area contributed by atoms with Crippen LogP contribution in [0.5, 0.6) is 0 Å². The van der Waals surface area contributed by atoms with Crippen LogP contribution in [-0.2, 0) is 25.6 Å². The van der Waals surface area contributed by atoms with Gasteiger partial charge in [0.25, 0.3) is 5.91 Å². The van der Waals surface area contributed by atoms with Gasteiger partial charge in [-0.15, -0.1) is 0 Å². The number of para-hydroxylation sites is 1. The number of hydrogen-bond donors (Lipinski definition) is 6. The molecule has 1 heterocycles. The number of nitrogens with one attached hydrogen (secondary N) is 4. The van der Waals surface area contributed by atoms with Crippen molar-refractivity contribution in [2.24, 2.45) is 5.73 Å². The average Bonchev–Trinajstić information content (AvgIpc) is 3.51. The third-order valence-corrected chi connectivity index (χ3v) is 6.40. The van der Waals surface area contributed by atoms with Crippen LogP contribution in [0.4, 0.5) is 13.2 Å². The number of amides is 5. The third kappa shape index (κ3) is 11.1. The van der Waals surface area contributed by atoms with Crippen LogP contribution in [-0.4, -0.2) is 81.9 Å². The van der Waals surface area contributed by atoms with E-state index in [1.807, 2.05) is 11.4 Å². The second-order valence-electron chi connectivity index (χ2n) is 9.88. The Balaban J connectivity index is 1.59. The van der Waals surface area contributed by atoms with E-state index >= 15 is 0 Å². The summed E-state index contributed by atoms with van der Waals surface area (Å²) in [4.78, 5) is 61.7. The molecule has 2 unspecified atom stereocenters. The van der Waals surface area contributed by atoms with Crippen molar-refractivity contribution in [3.05, 3.63) is 84.2 Å². The molecule has 0 radical (unpaired) electrons. The summed E-state index contributed by atoms with van der Waals surface area (Å²) in [6.45, 7) is -1.31. The molecule has 0 bridgehead atoms. The smallest absolute Gasteiger partial charge is 0.382 e. The number of primary amides is 1. The first-order chi connectivity index (χ1) is 21.3. The number of carbonyl (C=O) groups is 5. The number of aliphatic hydroxyl groups excluding tert-OH is 1. The van der Waals surface area contributed by atoms with E-state index in [1.54, 1.807) is 54.6 Å². The van der Waals surface area contributed by atoms with Crippen molar-refractivity contribution >= 4 is 29.5 Å². The number of aromatic nitrogens is 2. The second-order valence-corrected chi connectivity index (χ2v) is 9.88. The van der Waals surface area contributed by atoms with Gasteiger partial charge in [-0.1, -0.05) is 48.5 Å². The number of alkyl halides is 3. The quantitative estimate of drug-likeness (QED) is 0.137. The highest BCUT2D eigenvalue weighted by molar-refractivity contribution is 5.97. The fourth-order valence-corrected chi connectivity index (χ4v) is 4.11. The molecule has 16 heteroatoms. The minimum absolute atomic E-state index is 0.0220. The molecule has 240 valence electrons. The number of aliphatic hydroxyl groups is 1. The number of halogens is 3. The predicted molar refractivity (Wildman–Crippen MR) is 153 cm³/mol. The molecule has 13 nitrogen and oxygen atoms in total. The molecule has 0 saturated carbocycles. The van der Waals surface area contributed by atoms with Crippen molar-refractivity contribution in [2.75, 3.05) is 13.1 Å². The lowest BCUT2D eigenvalue weighted by Crippen LogP contribution is -2.54. The van der Waals surface area contributed by atoms with E-state index in [0.29, 0.717) is 5.56 Å². The van der Waals surface area contributed by atoms with Gasteiger partial charge in [-0.2, -0.15) is 18.3 Å². The predicted octanol–water partition coefficient (Wildman–Crippen LogP) is 0.119. The standard InChI is InChI=1S/C29H32F3N7O6/c30-29(31,32)26(43)21(11-12-23(33)40)37-24(41)16-35-28(45)22(13-18-7-3-1-4-8-18)38-25(42)15-34-27(44)19-14-36-39(17-19)20-9-5-2-6-10-20/h1-10,14,17,21-22,26,43H,11-13,15-16H2,(H2,33,40)(H,34,44)(H,35,45)(H,37,41)(H,38,42)/t21?,22-,26?/m0/s1. The molecule has 0 fully saturated rings. The number of hydrogen-bond acceptors (Lipinski definition) is 7. The Morgan fingerprint density at radius 3 is 2.11 bits per heavy atom. The fourth-order valence-electron chi connectivity index (χ4n) is 4.11. The summed E-state index contributed by atoms with van der Waals surface area (Å²) >= 11 is 0. The maximum absolute atomic E-state index is 13.0. The summed E-state index contributed by atoms with van der Waals surface area (Å²) in [5.41, 5.74) is 6.51. The third-order valence-electron chi connectivity index (χ3n) is 6.40. The van der Waals surface area contributed by atoms with Crippen molar-refractivity contribution in [3.63, 3.8) is 0 Å². The zero-order chi connectivity index (χ0) is 33.0. The molecule has 0 aliphatic heterocycles. The van der Waals surface area contributed by atoms with Gasteiger partial charge < -0.3 is 32.1 Å². The fraction of sp³-hybridized carbons (Fsp3) is 0.310. The molecule has 7 N–H and O–H groups in total. The van der Waals surface area contributed by atoms with Gasteiger partial charge in [0, 0.05) is 19.0 Å². The number of nitrogens with two attached hydrogens (primary N) is 1. The molecular weight excluding hydrogens is 599 g/mol. The van der Waals surface area contributed by atoms with Crippen LogP contribution in [0.3, 0.4) is 0 Å². The van der Waals surface area contributed by atoms with Crippen LogP contribution in [0.2, 0.25) is 0 Å². The Kier molecular flexibility index (Phi) is 12.2. The Morgan fingerprint density at radius 1 is 0.889 bits per heavy atom. The topological polar surface area (TPSA) is 198 Å². The van der Waals surface area contributed by atoms with Gasteiger partial charge in [0.05, 0.1) is 36.6 Å². The highest BCUT2D eigenvalue weighted by Gasteiger charge is 2.44. The minimum atomic E-state index is -5.10. The zero-order valence-corrected chi connectivity index (χ0v) is 23.8. The molecule has 3 atom stereocenters. The maximum Gasteiger partial charge on any atom is 0.416 e. The lowest BCUT2D eigenvalue weighted by molar-refractivity contribution is -0.212. The summed E-state index contributed by atoms with van der Waals surface area (Å²) in [5, 5.41) is 22.8. The van der Waals surface area contributed by atoms with Gasteiger partial charge in [-0.3, -0.25) is 24.0 Å². The van der Waals surface area contributed by atoms with E-state index in [2.05, 4.69) is 21.0 Å². The van der Waals surface area contributed by atoms with Crippen LogP contribution in [0.15, 0.2) is 73.1 Å². The summed E-state index contributed by atoms with van der Waals surface area (Å²) in [5.74, 6) is -4.20. The first-order valence-electron chi connectivity index (χ1n) is 13.6. The maximum atomic E-state index is 13.0. The van der Waals surface area contributed by atoms with Crippen molar-refractivity contribution in [2.45, 2.75) is 43.6 Å². The first-order valence-corrected chi connectivity index (χ1v) is 13.6. The molecule has 3 aromatic rings. The summed E-state index contributed by atoms with van der Waals surface area (Å²) in [6, 6.07) is 14.4. The van der Waals surface area contributed by atoms with Gasteiger partial charge in [-0.25, -0.2) is 4.68 Å². The number of rotatable bonds is 15. The lowest BCUT2D eigenvalue weighted by atomic mass is 10.0. The van der Waals surface area contributed by atoms with Crippen LogP contribution in [0.1, 0.15) is 28.8 Å². The van der Waals surface area contributed by atoms with Crippen molar-refractivity contribution in [1.29, 1.82) is 0 Å². The normalized spacial score (nSPS) is 13.2. The van der Waals surface area contributed by atoms with Crippen LogP contribution in [0.25, 0.3) is 5.69 Å². The number of nitrogens with zero attached hydrogens (tertiary/aromatic N) is 2. The van der Waals surface area contributed by atoms with E-state index in [0.717, 1.165) is 5.69 Å². The highest BCUT2D eigenvalue weighted by Crippen LogP contribution is 2.24. The minimum Gasteiger partial charge on any atom is -0.382 e. The Hall–Kier alpha value is -5.25. The van der Waals surface area contributed by atoms with Gasteiger partial charge in [0.15, 0.2) is 6.10 Å². The molecule has 0 saturated heterocycles. The first kappa shape index (κ1) is 34.2. The number of carbonyl (C=O) groups excluding carboxylic acids is 5. The second kappa shape index (κ2) is 16.0. The summed E-state index contributed by atoms with van der Waals surface area (Å²) in [6.07, 6.45) is -6.44.